The van der Waals surface area contributed by atoms with Gasteiger partial charge in [0.2, 0.25) is 5.91 Å². The lowest BCUT2D eigenvalue weighted by atomic mass is 10.0. The van der Waals surface area contributed by atoms with Crippen LogP contribution in [0.25, 0.3) is 0 Å². The number of ether oxygens (including phenoxy) is 1. The first kappa shape index (κ1) is 11.5. The van der Waals surface area contributed by atoms with E-state index in [0.29, 0.717) is 11.6 Å². The van der Waals surface area contributed by atoms with Crippen LogP contribution in [0.1, 0.15) is 6.92 Å². The molecule has 1 fully saturated rings. The van der Waals surface area contributed by atoms with Gasteiger partial charge in [-0.15, -0.1) is 0 Å². The Bertz CT molecular complexity index is 239. The zero-order valence-electron chi connectivity index (χ0n) is 8.23. The number of nitrogens with one attached hydrogen (secondary N) is 2. The van der Waals surface area contributed by atoms with Gasteiger partial charge in [0.25, 0.3) is 0 Å². The molecule has 2 N–H and O–H groups in total. The number of hydrogen-bond donors (Lipinski definition) is 2. The van der Waals surface area contributed by atoms with Gasteiger partial charge in [-0.3, -0.25) is 4.79 Å². The standard InChI is InChI=1S/C9H15ClN2O2/c1-7(10)3-12-8(13)4-14-9(2)5-11-6-9/h11H,1,3-6H2,2H3,(H,12,13). The van der Waals surface area contributed by atoms with Crippen LogP contribution in [-0.2, 0) is 9.53 Å². The molecule has 0 aliphatic carbocycles. The molecule has 0 aromatic carbocycles. The fourth-order valence-corrected chi connectivity index (χ4v) is 1.13. The van der Waals surface area contributed by atoms with E-state index in [2.05, 4.69) is 17.2 Å². The molecule has 0 bridgehead atoms. The number of carbonyl (C=O) groups excluding carboxylic acids is 1. The first-order valence-corrected chi connectivity index (χ1v) is 4.84. The van der Waals surface area contributed by atoms with Crippen LogP contribution in [0.4, 0.5) is 0 Å². The second kappa shape index (κ2) is 4.77. The highest BCUT2D eigenvalue weighted by Gasteiger charge is 2.32. The fraction of sp³-hybridized carbons (Fsp3) is 0.667. The Morgan fingerprint density at radius 1 is 1.71 bits per heavy atom. The van der Waals surface area contributed by atoms with Gasteiger partial charge >= 0.3 is 0 Å². The molecule has 5 heteroatoms. The van der Waals surface area contributed by atoms with Gasteiger partial charge < -0.3 is 15.4 Å². The summed E-state index contributed by atoms with van der Waals surface area (Å²) in [7, 11) is 0. The van der Waals surface area contributed by atoms with Gasteiger partial charge in [-0.2, -0.15) is 0 Å². The van der Waals surface area contributed by atoms with Crippen molar-refractivity contribution in [2.24, 2.45) is 0 Å². The molecular formula is C9H15ClN2O2. The number of amides is 1. The van der Waals surface area contributed by atoms with E-state index in [1.165, 1.54) is 0 Å². The molecule has 14 heavy (non-hydrogen) atoms. The lowest BCUT2D eigenvalue weighted by Gasteiger charge is -2.38. The van der Waals surface area contributed by atoms with Crippen molar-refractivity contribution >= 4 is 17.5 Å². The minimum atomic E-state index is -0.185. The highest BCUT2D eigenvalue weighted by molar-refractivity contribution is 6.29. The van der Waals surface area contributed by atoms with E-state index < -0.39 is 0 Å². The van der Waals surface area contributed by atoms with Crippen molar-refractivity contribution in [1.82, 2.24) is 10.6 Å². The van der Waals surface area contributed by atoms with Gasteiger partial charge in [0, 0.05) is 18.1 Å². The summed E-state index contributed by atoms with van der Waals surface area (Å²) >= 11 is 5.49. The summed E-state index contributed by atoms with van der Waals surface area (Å²) in [4.78, 5) is 11.2. The Morgan fingerprint density at radius 3 is 2.79 bits per heavy atom. The van der Waals surface area contributed by atoms with Crippen LogP contribution in [-0.4, -0.2) is 37.7 Å². The number of carbonyl (C=O) groups is 1. The summed E-state index contributed by atoms with van der Waals surface area (Å²) in [5.41, 5.74) is -0.185. The van der Waals surface area contributed by atoms with Crippen LogP contribution in [0.5, 0.6) is 0 Å². The third-order valence-corrected chi connectivity index (χ3v) is 2.16. The van der Waals surface area contributed by atoms with Crippen molar-refractivity contribution < 1.29 is 9.53 Å². The highest BCUT2D eigenvalue weighted by Crippen LogP contribution is 2.14. The molecule has 1 aliphatic rings. The molecule has 0 radical (unpaired) electrons. The Balaban J connectivity index is 2.11. The van der Waals surface area contributed by atoms with E-state index in [4.69, 9.17) is 16.3 Å². The Kier molecular flexibility index (Phi) is 3.92. The third-order valence-electron chi connectivity index (χ3n) is 2.03. The number of hydrogen-bond acceptors (Lipinski definition) is 3. The van der Waals surface area contributed by atoms with Crippen molar-refractivity contribution in [3.05, 3.63) is 11.6 Å². The summed E-state index contributed by atoms with van der Waals surface area (Å²) in [5.74, 6) is -0.167. The average molecular weight is 219 g/mol. The lowest BCUT2D eigenvalue weighted by molar-refractivity contribution is -0.135. The van der Waals surface area contributed by atoms with Crippen molar-refractivity contribution in [2.75, 3.05) is 26.2 Å². The van der Waals surface area contributed by atoms with Gasteiger partial charge in [-0.25, -0.2) is 0 Å². The summed E-state index contributed by atoms with van der Waals surface area (Å²) in [5, 5.41) is 6.08. The topological polar surface area (TPSA) is 50.4 Å². The van der Waals surface area contributed by atoms with Crippen LogP contribution in [0.2, 0.25) is 0 Å². The predicted molar refractivity (Wildman–Crippen MR) is 55.2 cm³/mol. The molecule has 1 amide bonds. The van der Waals surface area contributed by atoms with Gasteiger partial charge in [-0.05, 0) is 6.92 Å². The fourth-order valence-electron chi connectivity index (χ4n) is 1.06. The summed E-state index contributed by atoms with van der Waals surface area (Å²) in [6.45, 7) is 7.38. The normalized spacial score (nSPS) is 18.4. The highest BCUT2D eigenvalue weighted by atomic mass is 35.5. The van der Waals surface area contributed by atoms with Crippen molar-refractivity contribution in [3.8, 4) is 0 Å². The van der Waals surface area contributed by atoms with E-state index >= 15 is 0 Å². The van der Waals surface area contributed by atoms with E-state index in [9.17, 15) is 4.79 Å². The Labute approximate surface area is 88.6 Å². The molecular weight excluding hydrogens is 204 g/mol. The molecule has 0 saturated carbocycles. The monoisotopic (exact) mass is 218 g/mol. The maximum atomic E-state index is 11.2. The van der Waals surface area contributed by atoms with E-state index in [-0.39, 0.29) is 18.1 Å². The molecule has 1 rings (SSSR count). The van der Waals surface area contributed by atoms with Crippen LogP contribution in [0, 0.1) is 0 Å². The van der Waals surface area contributed by atoms with E-state index in [0.717, 1.165) is 13.1 Å². The largest absolute Gasteiger partial charge is 0.363 e. The molecule has 1 aliphatic heterocycles. The summed E-state index contributed by atoms with van der Waals surface area (Å²) in [6.07, 6.45) is 0. The van der Waals surface area contributed by atoms with Crippen LogP contribution < -0.4 is 10.6 Å². The Morgan fingerprint density at radius 2 is 2.36 bits per heavy atom. The first-order valence-electron chi connectivity index (χ1n) is 4.46. The molecule has 80 valence electrons. The van der Waals surface area contributed by atoms with Crippen molar-refractivity contribution in [2.45, 2.75) is 12.5 Å². The first-order chi connectivity index (χ1) is 6.52. The average Bonchev–Trinajstić information content (AvgIpc) is 2.08. The molecule has 0 unspecified atom stereocenters. The van der Waals surface area contributed by atoms with Gasteiger partial charge in [0.05, 0.1) is 12.1 Å². The van der Waals surface area contributed by atoms with Crippen LogP contribution >= 0.6 is 11.6 Å². The molecule has 1 heterocycles. The molecule has 0 spiro atoms. The van der Waals surface area contributed by atoms with Crippen molar-refractivity contribution in [1.29, 1.82) is 0 Å². The van der Waals surface area contributed by atoms with Crippen LogP contribution in [0.3, 0.4) is 0 Å². The molecule has 0 atom stereocenters. The van der Waals surface area contributed by atoms with E-state index in [1.54, 1.807) is 0 Å². The zero-order valence-corrected chi connectivity index (χ0v) is 8.99. The summed E-state index contributed by atoms with van der Waals surface area (Å²) < 4.78 is 5.41. The SMILES string of the molecule is C=C(Cl)CNC(=O)COC1(C)CNC1. The van der Waals surface area contributed by atoms with Gasteiger partial charge in [0.15, 0.2) is 0 Å². The Hall–Kier alpha value is -0.580. The number of rotatable bonds is 5. The molecule has 1 saturated heterocycles. The molecule has 0 aromatic heterocycles. The minimum Gasteiger partial charge on any atom is -0.363 e. The molecule has 0 aromatic rings. The van der Waals surface area contributed by atoms with Gasteiger partial charge in [-0.1, -0.05) is 18.2 Å². The predicted octanol–water partition coefficient (Wildman–Crippen LogP) is 0.234. The maximum Gasteiger partial charge on any atom is 0.246 e. The quantitative estimate of drug-likeness (QED) is 0.695. The van der Waals surface area contributed by atoms with Crippen molar-refractivity contribution in [3.63, 3.8) is 0 Å². The van der Waals surface area contributed by atoms with Gasteiger partial charge in [0.1, 0.15) is 6.61 Å². The van der Waals surface area contributed by atoms with Crippen LogP contribution in [0.15, 0.2) is 11.6 Å². The molecule has 4 nitrogen and oxygen atoms in total. The number of halogens is 1. The second-order valence-corrected chi connectivity index (χ2v) is 4.17. The zero-order chi connectivity index (χ0) is 10.6. The maximum absolute atomic E-state index is 11.2. The lowest BCUT2D eigenvalue weighted by Crippen LogP contribution is -2.59. The smallest absolute Gasteiger partial charge is 0.246 e. The van der Waals surface area contributed by atoms with E-state index in [1.807, 2.05) is 6.92 Å². The second-order valence-electron chi connectivity index (χ2n) is 3.64. The third kappa shape index (κ3) is 3.65. The summed E-state index contributed by atoms with van der Waals surface area (Å²) in [6, 6.07) is 0. The minimum absolute atomic E-state index is 0.0718.